The number of carbonyl (C=O) groups is 1. The van der Waals surface area contributed by atoms with Crippen molar-refractivity contribution in [1.82, 2.24) is 9.97 Å². The molecule has 2 aromatic rings. The standard InChI is InChI=1S/C18H20N4O3/c1-4-25-16(23)8-6-13-5-7-14-15(11-13)22(12-24-3)18-17(21(14)2)19-9-10-20-18/h5-11H,4,12H2,1-3H3/b8-6+. The lowest BCUT2D eigenvalue weighted by molar-refractivity contribution is -0.137. The Labute approximate surface area is 146 Å². The summed E-state index contributed by atoms with van der Waals surface area (Å²) in [5.41, 5.74) is 2.80. The van der Waals surface area contributed by atoms with Crippen LogP contribution in [0.25, 0.3) is 6.08 Å². The highest BCUT2D eigenvalue weighted by molar-refractivity contribution is 5.92. The summed E-state index contributed by atoms with van der Waals surface area (Å²) in [5, 5.41) is 0. The van der Waals surface area contributed by atoms with Crippen LogP contribution in [0.4, 0.5) is 23.0 Å². The van der Waals surface area contributed by atoms with Gasteiger partial charge in [0.05, 0.1) is 18.0 Å². The molecule has 0 saturated heterocycles. The van der Waals surface area contributed by atoms with Crippen LogP contribution in [0.2, 0.25) is 0 Å². The molecule has 1 aliphatic rings. The van der Waals surface area contributed by atoms with Gasteiger partial charge in [0.2, 0.25) is 0 Å². The van der Waals surface area contributed by atoms with Crippen LogP contribution in [0.1, 0.15) is 12.5 Å². The second-order valence-electron chi connectivity index (χ2n) is 5.44. The predicted octanol–water partition coefficient (Wildman–Crippen LogP) is 2.88. The number of carbonyl (C=O) groups excluding carboxylic acids is 1. The van der Waals surface area contributed by atoms with E-state index in [1.807, 2.05) is 35.0 Å². The molecule has 25 heavy (non-hydrogen) atoms. The first-order valence-electron chi connectivity index (χ1n) is 7.95. The van der Waals surface area contributed by atoms with Crippen molar-refractivity contribution < 1.29 is 14.3 Å². The van der Waals surface area contributed by atoms with Gasteiger partial charge in [-0.1, -0.05) is 6.07 Å². The van der Waals surface area contributed by atoms with Gasteiger partial charge >= 0.3 is 5.97 Å². The fourth-order valence-corrected chi connectivity index (χ4v) is 2.74. The Morgan fingerprint density at radius 2 is 1.96 bits per heavy atom. The maximum absolute atomic E-state index is 11.5. The quantitative estimate of drug-likeness (QED) is 0.612. The van der Waals surface area contributed by atoms with Crippen LogP contribution in [0.15, 0.2) is 36.7 Å². The number of esters is 1. The van der Waals surface area contributed by atoms with E-state index in [4.69, 9.17) is 9.47 Å². The summed E-state index contributed by atoms with van der Waals surface area (Å²) in [7, 11) is 3.59. The van der Waals surface area contributed by atoms with E-state index in [9.17, 15) is 4.79 Å². The van der Waals surface area contributed by atoms with Crippen molar-refractivity contribution in [3.05, 3.63) is 42.2 Å². The van der Waals surface area contributed by atoms with E-state index < -0.39 is 0 Å². The summed E-state index contributed by atoms with van der Waals surface area (Å²) in [4.78, 5) is 24.3. The van der Waals surface area contributed by atoms with Gasteiger partial charge in [0.15, 0.2) is 11.6 Å². The summed E-state index contributed by atoms with van der Waals surface area (Å²) in [5.74, 6) is 1.13. The number of aromatic nitrogens is 2. The lowest BCUT2D eigenvalue weighted by Gasteiger charge is -2.36. The SMILES string of the molecule is CCOC(=O)/C=C/c1ccc2c(c1)N(COC)c1nccnc1N2C. The molecule has 0 bridgehead atoms. The van der Waals surface area contributed by atoms with Gasteiger partial charge in [0.25, 0.3) is 0 Å². The topological polar surface area (TPSA) is 67.8 Å². The van der Waals surface area contributed by atoms with Gasteiger partial charge in [-0.2, -0.15) is 0 Å². The molecule has 0 N–H and O–H groups in total. The number of methoxy groups -OCH3 is 1. The zero-order valence-corrected chi connectivity index (χ0v) is 14.5. The van der Waals surface area contributed by atoms with Gasteiger partial charge in [-0.3, -0.25) is 4.90 Å². The maximum Gasteiger partial charge on any atom is 0.330 e. The highest BCUT2D eigenvalue weighted by atomic mass is 16.5. The molecule has 0 fully saturated rings. The maximum atomic E-state index is 11.5. The molecule has 7 nitrogen and oxygen atoms in total. The van der Waals surface area contributed by atoms with Gasteiger partial charge in [0.1, 0.15) is 6.73 Å². The molecule has 0 atom stereocenters. The van der Waals surface area contributed by atoms with Crippen LogP contribution < -0.4 is 9.80 Å². The van der Waals surface area contributed by atoms with Gasteiger partial charge in [-0.15, -0.1) is 0 Å². The number of benzene rings is 1. The summed E-state index contributed by atoms with van der Waals surface area (Å²) in [6.07, 6.45) is 6.48. The Bertz CT molecular complexity index is 807. The van der Waals surface area contributed by atoms with E-state index in [0.717, 1.165) is 28.6 Å². The average Bonchev–Trinajstić information content (AvgIpc) is 2.63. The van der Waals surface area contributed by atoms with E-state index in [0.29, 0.717) is 13.3 Å². The first-order chi connectivity index (χ1) is 12.2. The zero-order chi connectivity index (χ0) is 17.8. The van der Waals surface area contributed by atoms with E-state index in [1.54, 1.807) is 32.5 Å². The normalized spacial score (nSPS) is 12.9. The van der Waals surface area contributed by atoms with Crippen LogP contribution in [0.3, 0.4) is 0 Å². The van der Waals surface area contributed by atoms with E-state index in [-0.39, 0.29) is 5.97 Å². The molecule has 0 radical (unpaired) electrons. The molecule has 0 unspecified atom stereocenters. The molecule has 1 aliphatic heterocycles. The molecule has 2 heterocycles. The van der Waals surface area contributed by atoms with E-state index in [2.05, 4.69) is 9.97 Å². The van der Waals surface area contributed by atoms with Gasteiger partial charge in [0, 0.05) is 32.6 Å². The second kappa shape index (κ2) is 7.31. The molecule has 0 spiro atoms. The second-order valence-corrected chi connectivity index (χ2v) is 5.44. The fourth-order valence-electron chi connectivity index (χ4n) is 2.74. The third kappa shape index (κ3) is 3.32. The Hall–Kier alpha value is -2.93. The Morgan fingerprint density at radius 3 is 2.68 bits per heavy atom. The lowest BCUT2D eigenvalue weighted by Crippen LogP contribution is -2.30. The highest BCUT2D eigenvalue weighted by Gasteiger charge is 2.28. The van der Waals surface area contributed by atoms with Crippen molar-refractivity contribution in [2.75, 3.05) is 37.3 Å². The number of anilines is 4. The molecule has 1 aromatic carbocycles. The number of hydrogen-bond donors (Lipinski definition) is 0. The number of hydrogen-bond acceptors (Lipinski definition) is 7. The molecular weight excluding hydrogens is 320 g/mol. The summed E-state index contributed by atoms with van der Waals surface area (Å²) < 4.78 is 10.3. The van der Waals surface area contributed by atoms with Crippen LogP contribution >= 0.6 is 0 Å². The Balaban J connectivity index is 2.00. The Morgan fingerprint density at radius 1 is 1.20 bits per heavy atom. The molecule has 1 aromatic heterocycles. The smallest absolute Gasteiger partial charge is 0.330 e. The summed E-state index contributed by atoms with van der Waals surface area (Å²) in [6, 6.07) is 5.91. The van der Waals surface area contributed by atoms with Gasteiger partial charge in [-0.05, 0) is 30.7 Å². The molecule has 0 saturated carbocycles. The third-order valence-corrected chi connectivity index (χ3v) is 3.84. The van der Waals surface area contributed by atoms with Gasteiger partial charge < -0.3 is 14.4 Å². The first-order valence-corrected chi connectivity index (χ1v) is 7.95. The Kier molecular flexibility index (Phi) is 4.95. The average molecular weight is 340 g/mol. The van der Waals surface area contributed by atoms with Crippen molar-refractivity contribution in [2.24, 2.45) is 0 Å². The van der Waals surface area contributed by atoms with Crippen molar-refractivity contribution in [2.45, 2.75) is 6.92 Å². The minimum absolute atomic E-state index is 0.345. The monoisotopic (exact) mass is 340 g/mol. The van der Waals surface area contributed by atoms with Crippen molar-refractivity contribution >= 4 is 35.1 Å². The largest absolute Gasteiger partial charge is 0.463 e. The number of fused-ring (bicyclic) bond motifs is 2. The number of ether oxygens (including phenoxy) is 2. The van der Waals surface area contributed by atoms with Crippen molar-refractivity contribution in [1.29, 1.82) is 0 Å². The third-order valence-electron chi connectivity index (χ3n) is 3.84. The molecule has 3 rings (SSSR count). The fraction of sp³-hybridized carbons (Fsp3) is 0.278. The first kappa shape index (κ1) is 16.9. The number of rotatable bonds is 5. The molecule has 130 valence electrons. The van der Waals surface area contributed by atoms with Crippen molar-refractivity contribution in [3.63, 3.8) is 0 Å². The molecule has 0 aliphatic carbocycles. The summed E-state index contributed by atoms with van der Waals surface area (Å²) in [6.45, 7) is 2.48. The molecular formula is C18H20N4O3. The lowest BCUT2D eigenvalue weighted by atomic mass is 10.1. The van der Waals surface area contributed by atoms with Crippen molar-refractivity contribution in [3.8, 4) is 0 Å². The van der Waals surface area contributed by atoms with E-state index in [1.165, 1.54) is 6.08 Å². The highest BCUT2D eigenvalue weighted by Crippen LogP contribution is 2.45. The zero-order valence-electron chi connectivity index (χ0n) is 14.5. The van der Waals surface area contributed by atoms with Crippen LogP contribution in [0, 0.1) is 0 Å². The predicted molar refractivity (Wildman–Crippen MR) is 96.2 cm³/mol. The molecule has 7 heteroatoms. The minimum Gasteiger partial charge on any atom is -0.463 e. The molecule has 0 amide bonds. The minimum atomic E-state index is -0.359. The van der Waals surface area contributed by atoms with Crippen LogP contribution in [-0.4, -0.2) is 43.4 Å². The van der Waals surface area contributed by atoms with Crippen LogP contribution in [-0.2, 0) is 14.3 Å². The van der Waals surface area contributed by atoms with Crippen LogP contribution in [0.5, 0.6) is 0 Å². The van der Waals surface area contributed by atoms with Gasteiger partial charge in [-0.25, -0.2) is 14.8 Å². The van der Waals surface area contributed by atoms with E-state index >= 15 is 0 Å². The summed E-state index contributed by atoms with van der Waals surface area (Å²) >= 11 is 0. The number of nitrogens with zero attached hydrogens (tertiary/aromatic N) is 4.